The van der Waals surface area contributed by atoms with Gasteiger partial charge in [0, 0.05) is 31.2 Å². The molecule has 2 unspecified atom stereocenters. The maximum absolute atomic E-state index is 13.2. The molecule has 2 fully saturated rings. The normalized spacial score (nSPS) is 20.8. The van der Waals surface area contributed by atoms with Gasteiger partial charge >= 0.3 is 6.03 Å². The van der Waals surface area contributed by atoms with Crippen LogP contribution in [0.2, 0.25) is 0 Å². The number of anilines is 1. The van der Waals surface area contributed by atoms with Crippen molar-refractivity contribution in [3.05, 3.63) is 30.1 Å². The first-order valence-electron chi connectivity index (χ1n) is 9.33. The lowest BCUT2D eigenvalue weighted by molar-refractivity contribution is -0.139. The van der Waals surface area contributed by atoms with Crippen molar-refractivity contribution in [2.75, 3.05) is 38.0 Å². The van der Waals surface area contributed by atoms with E-state index >= 15 is 0 Å². The molecule has 0 bridgehead atoms. The molecule has 0 radical (unpaired) electrons. The van der Waals surface area contributed by atoms with Crippen LogP contribution in [-0.4, -0.2) is 49.6 Å². The van der Waals surface area contributed by atoms with Crippen molar-refractivity contribution in [2.45, 2.75) is 19.8 Å². The second-order valence-corrected chi connectivity index (χ2v) is 7.34. The van der Waals surface area contributed by atoms with Crippen LogP contribution in [0.25, 0.3) is 0 Å². The summed E-state index contributed by atoms with van der Waals surface area (Å²) in [7, 11) is 0. The number of amides is 3. The molecule has 0 spiro atoms. The number of nitrogens with zero attached hydrogens (tertiary/aromatic N) is 1. The topological polar surface area (TPSA) is 73.5 Å². The summed E-state index contributed by atoms with van der Waals surface area (Å²) in [6.07, 6.45) is 1.95. The molecule has 1 aromatic rings. The average molecular weight is 399 g/mol. The van der Waals surface area contributed by atoms with E-state index in [1.807, 2.05) is 11.8 Å². The Hall–Kier alpha value is -1.86. The van der Waals surface area contributed by atoms with Gasteiger partial charge in [0.15, 0.2) is 0 Å². The molecule has 2 aliphatic rings. The summed E-state index contributed by atoms with van der Waals surface area (Å²) in [5.74, 6) is 0.584. The zero-order valence-electron chi connectivity index (χ0n) is 15.5. The summed E-state index contributed by atoms with van der Waals surface area (Å²) < 4.78 is 13.2. The van der Waals surface area contributed by atoms with Crippen LogP contribution in [0.5, 0.6) is 0 Å². The van der Waals surface area contributed by atoms with Gasteiger partial charge in [0.05, 0.1) is 0 Å². The van der Waals surface area contributed by atoms with Crippen LogP contribution in [0.15, 0.2) is 24.3 Å². The van der Waals surface area contributed by atoms with Crippen LogP contribution >= 0.6 is 12.4 Å². The third-order valence-electron chi connectivity index (χ3n) is 5.37. The maximum Gasteiger partial charge on any atom is 0.319 e. The number of rotatable bonds is 5. The van der Waals surface area contributed by atoms with Crippen LogP contribution in [0.1, 0.15) is 19.8 Å². The fourth-order valence-electron chi connectivity index (χ4n) is 3.56. The van der Waals surface area contributed by atoms with Gasteiger partial charge in [-0.1, -0.05) is 13.0 Å². The first-order valence-corrected chi connectivity index (χ1v) is 9.33. The standard InChI is InChI=1S/C19H27FN4O2.ClH/c1-13(15-10-21-11-15)18(25)24-7-3-4-14(12-24)9-22-19(26)23-17-6-2-5-16(20)8-17;/h2,5-6,8,13-15,21H,3-4,7,9-12H2,1H3,(H2,22,23,26);1H. The molecule has 0 aromatic heterocycles. The van der Waals surface area contributed by atoms with Gasteiger partial charge in [0.25, 0.3) is 0 Å². The number of halogens is 2. The number of carbonyl (C=O) groups is 2. The first-order chi connectivity index (χ1) is 12.5. The minimum absolute atomic E-state index is 0. The Bertz CT molecular complexity index is 656. The molecule has 27 heavy (non-hydrogen) atoms. The highest BCUT2D eigenvalue weighted by Crippen LogP contribution is 2.23. The van der Waals surface area contributed by atoms with Crippen LogP contribution in [-0.2, 0) is 4.79 Å². The van der Waals surface area contributed by atoms with Crippen LogP contribution in [0, 0.1) is 23.6 Å². The van der Waals surface area contributed by atoms with E-state index in [1.165, 1.54) is 12.1 Å². The Morgan fingerprint density at radius 2 is 2.15 bits per heavy atom. The van der Waals surface area contributed by atoms with Crippen molar-refractivity contribution < 1.29 is 14.0 Å². The molecule has 3 rings (SSSR count). The lowest BCUT2D eigenvalue weighted by atomic mass is 9.87. The molecule has 0 aliphatic carbocycles. The highest BCUT2D eigenvalue weighted by Gasteiger charge is 2.33. The van der Waals surface area contributed by atoms with Gasteiger partial charge in [-0.15, -0.1) is 12.4 Å². The molecular formula is C19H28ClFN4O2. The molecule has 3 N–H and O–H groups in total. The number of piperidine rings is 1. The Labute approximate surface area is 165 Å². The largest absolute Gasteiger partial charge is 0.342 e. The van der Waals surface area contributed by atoms with Crippen molar-refractivity contribution in [1.82, 2.24) is 15.5 Å². The van der Waals surface area contributed by atoms with E-state index in [2.05, 4.69) is 16.0 Å². The summed E-state index contributed by atoms with van der Waals surface area (Å²) in [6.45, 7) is 5.85. The van der Waals surface area contributed by atoms with Crippen molar-refractivity contribution in [3.63, 3.8) is 0 Å². The third-order valence-corrected chi connectivity index (χ3v) is 5.37. The molecule has 3 amide bonds. The number of hydrogen-bond acceptors (Lipinski definition) is 3. The molecule has 1 aromatic carbocycles. The van der Waals surface area contributed by atoms with E-state index in [9.17, 15) is 14.0 Å². The Morgan fingerprint density at radius 3 is 2.81 bits per heavy atom. The second-order valence-electron chi connectivity index (χ2n) is 7.34. The molecule has 2 heterocycles. The zero-order chi connectivity index (χ0) is 18.5. The second kappa shape index (κ2) is 9.90. The third kappa shape index (κ3) is 5.81. The first kappa shape index (κ1) is 21.4. The number of likely N-dealkylation sites (tertiary alicyclic amines) is 1. The quantitative estimate of drug-likeness (QED) is 0.713. The minimum Gasteiger partial charge on any atom is -0.342 e. The summed E-state index contributed by atoms with van der Waals surface area (Å²) >= 11 is 0. The van der Waals surface area contributed by atoms with E-state index in [0.717, 1.165) is 32.5 Å². The lowest BCUT2D eigenvalue weighted by Crippen LogP contribution is -2.52. The molecule has 2 saturated heterocycles. The number of hydrogen-bond donors (Lipinski definition) is 3. The predicted molar refractivity (Wildman–Crippen MR) is 105 cm³/mol. The Balaban J connectivity index is 0.00000261. The summed E-state index contributed by atoms with van der Waals surface area (Å²) in [6, 6.07) is 5.44. The van der Waals surface area contributed by atoms with E-state index in [0.29, 0.717) is 24.7 Å². The molecule has 6 nitrogen and oxygen atoms in total. The van der Waals surface area contributed by atoms with Gasteiger partial charge in [0.2, 0.25) is 5.91 Å². The Kier molecular flexibility index (Phi) is 7.86. The van der Waals surface area contributed by atoms with Crippen molar-refractivity contribution >= 4 is 30.0 Å². The molecule has 0 saturated carbocycles. The monoisotopic (exact) mass is 398 g/mol. The number of carbonyl (C=O) groups excluding carboxylic acids is 2. The molecule has 150 valence electrons. The van der Waals surface area contributed by atoms with E-state index in [4.69, 9.17) is 0 Å². The van der Waals surface area contributed by atoms with Gasteiger partial charge in [-0.05, 0) is 56.0 Å². The van der Waals surface area contributed by atoms with Gasteiger partial charge in [-0.3, -0.25) is 4.79 Å². The van der Waals surface area contributed by atoms with E-state index < -0.39 is 0 Å². The Morgan fingerprint density at radius 1 is 1.37 bits per heavy atom. The van der Waals surface area contributed by atoms with Crippen LogP contribution in [0.3, 0.4) is 0 Å². The van der Waals surface area contributed by atoms with Gasteiger partial charge < -0.3 is 20.9 Å². The van der Waals surface area contributed by atoms with Crippen LogP contribution in [0.4, 0.5) is 14.9 Å². The highest BCUT2D eigenvalue weighted by atomic mass is 35.5. The van der Waals surface area contributed by atoms with Gasteiger partial charge in [0.1, 0.15) is 5.82 Å². The van der Waals surface area contributed by atoms with E-state index in [-0.39, 0.29) is 42.0 Å². The minimum atomic E-state index is -0.389. The number of urea groups is 1. The maximum atomic E-state index is 13.2. The van der Waals surface area contributed by atoms with Gasteiger partial charge in [-0.25, -0.2) is 9.18 Å². The SMILES string of the molecule is CC(C(=O)N1CCCC(CNC(=O)Nc2cccc(F)c2)C1)C1CNC1.Cl. The molecular weight excluding hydrogens is 371 g/mol. The average Bonchev–Trinajstić information content (AvgIpc) is 2.58. The fourth-order valence-corrected chi connectivity index (χ4v) is 3.56. The van der Waals surface area contributed by atoms with Crippen molar-refractivity contribution in [3.8, 4) is 0 Å². The predicted octanol–water partition coefficient (Wildman–Crippen LogP) is 2.46. The van der Waals surface area contributed by atoms with Gasteiger partial charge in [-0.2, -0.15) is 0 Å². The van der Waals surface area contributed by atoms with Crippen molar-refractivity contribution in [2.24, 2.45) is 17.8 Å². The summed E-state index contributed by atoms with van der Waals surface area (Å²) in [5.41, 5.74) is 0.422. The van der Waals surface area contributed by atoms with E-state index in [1.54, 1.807) is 12.1 Å². The highest BCUT2D eigenvalue weighted by molar-refractivity contribution is 5.89. The summed E-state index contributed by atoms with van der Waals surface area (Å²) in [5, 5.41) is 8.68. The number of nitrogens with one attached hydrogen (secondary N) is 3. The molecule has 8 heteroatoms. The number of benzene rings is 1. The zero-order valence-corrected chi connectivity index (χ0v) is 16.4. The molecule has 2 aliphatic heterocycles. The molecule has 2 atom stereocenters. The lowest BCUT2D eigenvalue weighted by Gasteiger charge is -2.38. The summed E-state index contributed by atoms with van der Waals surface area (Å²) in [4.78, 5) is 26.6. The smallest absolute Gasteiger partial charge is 0.319 e. The van der Waals surface area contributed by atoms with Crippen molar-refractivity contribution in [1.29, 1.82) is 0 Å². The van der Waals surface area contributed by atoms with Crippen LogP contribution < -0.4 is 16.0 Å². The fraction of sp³-hybridized carbons (Fsp3) is 0.579.